The molecule has 0 spiro atoms. The Balaban J connectivity index is 2.09. The fourth-order valence-electron chi connectivity index (χ4n) is 2.07. The predicted octanol–water partition coefficient (Wildman–Crippen LogP) is 4.02. The minimum atomic E-state index is 0.463. The monoisotopic (exact) mass is 260 g/mol. The fraction of sp³-hybridized carbons (Fsp3) is 0.400. The van der Waals surface area contributed by atoms with Gasteiger partial charge in [-0.15, -0.1) is 11.3 Å². The maximum Gasteiger partial charge on any atom is 0.109 e. The van der Waals surface area contributed by atoms with E-state index in [0.717, 1.165) is 30.0 Å². The Kier molecular flexibility index (Phi) is 4.37. The first kappa shape index (κ1) is 13.1. The average molecular weight is 260 g/mol. The number of nitrogens with two attached hydrogens (primary N) is 1. The minimum Gasteiger partial charge on any atom is -0.389 e. The number of aryl methyl sites for hydroxylation is 1. The molecule has 2 rings (SSSR count). The Morgan fingerprint density at radius 2 is 2.00 bits per heavy atom. The summed E-state index contributed by atoms with van der Waals surface area (Å²) >= 11 is 1.64. The molecule has 0 aliphatic rings. The third kappa shape index (κ3) is 3.10. The van der Waals surface area contributed by atoms with Crippen LogP contribution in [0.5, 0.6) is 0 Å². The molecule has 0 aliphatic heterocycles. The predicted molar refractivity (Wildman–Crippen MR) is 79.1 cm³/mol. The van der Waals surface area contributed by atoms with Crippen LogP contribution in [0.4, 0.5) is 5.00 Å². The van der Waals surface area contributed by atoms with E-state index in [-0.39, 0.29) is 0 Å². The highest BCUT2D eigenvalue weighted by Gasteiger charge is 2.13. The molecule has 18 heavy (non-hydrogen) atoms. The highest BCUT2D eigenvalue weighted by molar-refractivity contribution is 7.15. The lowest BCUT2D eigenvalue weighted by molar-refractivity contribution is 0.741. The minimum absolute atomic E-state index is 0.463. The lowest BCUT2D eigenvalue weighted by atomic mass is 9.96. The van der Waals surface area contributed by atoms with Gasteiger partial charge in [0.1, 0.15) is 5.00 Å². The molecular formula is C15H20N2S. The zero-order valence-corrected chi connectivity index (χ0v) is 11.8. The molecule has 0 saturated heterocycles. The van der Waals surface area contributed by atoms with Gasteiger partial charge in [-0.25, -0.2) is 4.98 Å². The normalized spacial score (nSPS) is 12.6. The molecule has 0 saturated carbocycles. The molecule has 1 unspecified atom stereocenters. The number of hydrogen-bond acceptors (Lipinski definition) is 3. The Bertz CT molecular complexity index is 490. The summed E-state index contributed by atoms with van der Waals surface area (Å²) in [5.41, 5.74) is 8.47. The van der Waals surface area contributed by atoms with Gasteiger partial charge in [-0.1, -0.05) is 44.2 Å². The van der Waals surface area contributed by atoms with E-state index < -0.39 is 0 Å². The van der Waals surface area contributed by atoms with Gasteiger partial charge in [-0.05, 0) is 30.7 Å². The number of aromatic nitrogens is 1. The van der Waals surface area contributed by atoms with Crippen molar-refractivity contribution in [3.8, 4) is 0 Å². The number of anilines is 1. The Morgan fingerprint density at radius 3 is 2.67 bits per heavy atom. The summed E-state index contributed by atoms with van der Waals surface area (Å²) in [5.74, 6) is 0.463. The summed E-state index contributed by atoms with van der Waals surface area (Å²) in [5, 5.41) is 2.06. The fourth-order valence-corrected chi connectivity index (χ4v) is 3.03. The molecule has 0 fully saturated rings. The number of nitrogen functional groups attached to an aromatic ring is 1. The maximum atomic E-state index is 6.05. The Morgan fingerprint density at radius 1 is 1.28 bits per heavy atom. The molecule has 3 heteroatoms. The smallest absolute Gasteiger partial charge is 0.109 e. The van der Waals surface area contributed by atoms with Gasteiger partial charge in [-0.2, -0.15) is 0 Å². The number of thiazole rings is 1. The van der Waals surface area contributed by atoms with Crippen molar-refractivity contribution in [2.45, 2.75) is 39.0 Å². The van der Waals surface area contributed by atoms with Crippen LogP contribution in [0.25, 0.3) is 0 Å². The van der Waals surface area contributed by atoms with Gasteiger partial charge in [0.15, 0.2) is 0 Å². The van der Waals surface area contributed by atoms with Crippen LogP contribution >= 0.6 is 11.3 Å². The standard InChI is InChI=1S/C15H20N2S/c1-3-7-14-17-13(15(16)18-14)10-11(2)12-8-5-4-6-9-12/h4-6,8-9,11H,3,7,10,16H2,1-2H3. The first-order valence-electron chi connectivity index (χ1n) is 6.49. The zero-order chi connectivity index (χ0) is 13.0. The van der Waals surface area contributed by atoms with Crippen molar-refractivity contribution in [3.05, 3.63) is 46.6 Å². The molecule has 0 aliphatic carbocycles. The molecule has 0 amide bonds. The van der Waals surface area contributed by atoms with E-state index in [1.54, 1.807) is 11.3 Å². The molecule has 1 aromatic heterocycles. The highest BCUT2D eigenvalue weighted by atomic mass is 32.1. The molecule has 1 heterocycles. The summed E-state index contributed by atoms with van der Waals surface area (Å²) < 4.78 is 0. The second kappa shape index (κ2) is 6.01. The van der Waals surface area contributed by atoms with Crippen LogP contribution in [0.15, 0.2) is 30.3 Å². The molecule has 96 valence electrons. The molecule has 1 aromatic carbocycles. The van der Waals surface area contributed by atoms with Crippen LogP contribution in [0.1, 0.15) is 42.5 Å². The molecule has 2 aromatic rings. The molecule has 0 bridgehead atoms. The molecule has 2 N–H and O–H groups in total. The van der Waals surface area contributed by atoms with E-state index in [0.29, 0.717) is 5.92 Å². The maximum absolute atomic E-state index is 6.05. The van der Waals surface area contributed by atoms with E-state index in [4.69, 9.17) is 5.73 Å². The first-order valence-corrected chi connectivity index (χ1v) is 7.31. The van der Waals surface area contributed by atoms with E-state index in [9.17, 15) is 0 Å². The van der Waals surface area contributed by atoms with Crippen molar-refractivity contribution in [1.29, 1.82) is 0 Å². The summed E-state index contributed by atoms with van der Waals surface area (Å²) in [6, 6.07) is 10.5. The zero-order valence-electron chi connectivity index (χ0n) is 11.0. The van der Waals surface area contributed by atoms with Crippen LogP contribution in [-0.4, -0.2) is 4.98 Å². The number of nitrogens with zero attached hydrogens (tertiary/aromatic N) is 1. The van der Waals surface area contributed by atoms with Crippen molar-refractivity contribution in [2.75, 3.05) is 5.73 Å². The summed E-state index contributed by atoms with van der Waals surface area (Å²) in [4.78, 5) is 4.66. The van der Waals surface area contributed by atoms with Crippen LogP contribution in [-0.2, 0) is 12.8 Å². The quantitative estimate of drug-likeness (QED) is 0.881. The van der Waals surface area contributed by atoms with Gasteiger partial charge in [0.25, 0.3) is 0 Å². The molecule has 2 nitrogen and oxygen atoms in total. The lowest BCUT2D eigenvalue weighted by Crippen LogP contribution is -2.01. The van der Waals surface area contributed by atoms with Gasteiger partial charge >= 0.3 is 0 Å². The Hall–Kier alpha value is -1.35. The highest BCUT2D eigenvalue weighted by Crippen LogP contribution is 2.27. The number of rotatable bonds is 5. The first-order chi connectivity index (χ1) is 8.70. The van der Waals surface area contributed by atoms with Crippen molar-refractivity contribution >= 4 is 16.3 Å². The van der Waals surface area contributed by atoms with Crippen LogP contribution in [0.2, 0.25) is 0 Å². The van der Waals surface area contributed by atoms with Gasteiger partial charge < -0.3 is 5.73 Å². The molecule has 0 radical (unpaired) electrons. The third-order valence-corrected chi connectivity index (χ3v) is 4.09. The van der Waals surface area contributed by atoms with Crippen molar-refractivity contribution in [2.24, 2.45) is 0 Å². The number of benzene rings is 1. The average Bonchev–Trinajstić information content (AvgIpc) is 2.71. The lowest BCUT2D eigenvalue weighted by Gasteiger charge is -2.10. The van der Waals surface area contributed by atoms with Crippen LogP contribution in [0, 0.1) is 0 Å². The van der Waals surface area contributed by atoms with E-state index in [1.807, 2.05) is 6.07 Å². The van der Waals surface area contributed by atoms with Crippen LogP contribution in [0.3, 0.4) is 0 Å². The van der Waals surface area contributed by atoms with E-state index in [1.165, 1.54) is 10.6 Å². The van der Waals surface area contributed by atoms with Gasteiger partial charge in [0.2, 0.25) is 0 Å². The van der Waals surface area contributed by atoms with Gasteiger partial charge in [0, 0.05) is 0 Å². The van der Waals surface area contributed by atoms with Gasteiger partial charge in [0.05, 0.1) is 10.7 Å². The van der Waals surface area contributed by atoms with E-state index >= 15 is 0 Å². The second-order valence-corrected chi connectivity index (χ2v) is 5.80. The molecule has 1 atom stereocenters. The molecular weight excluding hydrogens is 240 g/mol. The van der Waals surface area contributed by atoms with Crippen molar-refractivity contribution in [1.82, 2.24) is 4.98 Å². The summed E-state index contributed by atoms with van der Waals surface area (Å²) in [7, 11) is 0. The largest absolute Gasteiger partial charge is 0.389 e. The van der Waals surface area contributed by atoms with Crippen molar-refractivity contribution < 1.29 is 0 Å². The Labute approximate surface area is 113 Å². The number of hydrogen-bond donors (Lipinski definition) is 1. The van der Waals surface area contributed by atoms with Crippen LogP contribution < -0.4 is 5.73 Å². The third-order valence-electron chi connectivity index (χ3n) is 3.10. The van der Waals surface area contributed by atoms with Crippen molar-refractivity contribution in [3.63, 3.8) is 0 Å². The second-order valence-electron chi connectivity index (χ2n) is 4.68. The SMILES string of the molecule is CCCc1nc(CC(C)c2ccccc2)c(N)s1. The van der Waals surface area contributed by atoms with E-state index in [2.05, 4.69) is 43.1 Å². The van der Waals surface area contributed by atoms with Gasteiger partial charge in [-0.3, -0.25) is 0 Å². The summed E-state index contributed by atoms with van der Waals surface area (Å²) in [6.07, 6.45) is 3.09. The summed E-state index contributed by atoms with van der Waals surface area (Å²) in [6.45, 7) is 4.40. The topological polar surface area (TPSA) is 38.9 Å².